The lowest BCUT2D eigenvalue weighted by molar-refractivity contribution is -0.119. The maximum Gasteiger partial charge on any atom is 0.217 e. The zero-order valence-corrected chi connectivity index (χ0v) is 8.37. The minimum Gasteiger partial charge on any atom is -0.370 e. The first-order chi connectivity index (χ1) is 6.56. The fraction of sp³-hybridized carbons (Fsp3) is 0.778. The number of carbonyl (C=O) groups excluding carboxylic acids is 2. The number of rotatable bonds is 8. The molecule has 0 aliphatic rings. The Morgan fingerprint density at radius 3 is 2.00 bits per heavy atom. The molecule has 6 N–H and O–H groups in total. The van der Waals surface area contributed by atoms with Crippen LogP contribution in [0.15, 0.2) is 0 Å². The molecule has 0 heterocycles. The maximum absolute atomic E-state index is 10.5. The van der Waals surface area contributed by atoms with Gasteiger partial charge in [-0.05, 0) is 31.7 Å². The van der Waals surface area contributed by atoms with Crippen LogP contribution in [0.2, 0.25) is 0 Å². The molecule has 2 amide bonds. The number of amides is 2. The molecule has 1 unspecified atom stereocenters. The zero-order valence-electron chi connectivity index (χ0n) is 8.37. The second-order valence-corrected chi connectivity index (χ2v) is 3.47. The third-order valence-electron chi connectivity index (χ3n) is 2.17. The van der Waals surface area contributed by atoms with Gasteiger partial charge in [0.05, 0.1) is 0 Å². The van der Waals surface area contributed by atoms with E-state index in [0.717, 1.165) is 12.8 Å². The minimum absolute atomic E-state index is 0.266. The summed E-state index contributed by atoms with van der Waals surface area (Å²) in [6.07, 6.45) is 3.00. The van der Waals surface area contributed by atoms with Crippen LogP contribution < -0.4 is 17.2 Å². The van der Waals surface area contributed by atoms with Crippen molar-refractivity contribution in [3.05, 3.63) is 0 Å². The lowest BCUT2D eigenvalue weighted by atomic mass is 9.96. The molecule has 0 spiro atoms. The van der Waals surface area contributed by atoms with Crippen molar-refractivity contribution in [1.29, 1.82) is 0 Å². The molecule has 0 saturated heterocycles. The molecular weight excluding hydrogens is 182 g/mol. The number of nitrogens with two attached hydrogens (primary N) is 3. The van der Waals surface area contributed by atoms with E-state index in [2.05, 4.69) is 0 Å². The molecule has 5 nitrogen and oxygen atoms in total. The minimum atomic E-state index is -0.307. The number of hydrogen-bond donors (Lipinski definition) is 3. The summed E-state index contributed by atoms with van der Waals surface area (Å²) in [5, 5.41) is 0. The molecule has 0 saturated carbocycles. The fourth-order valence-electron chi connectivity index (χ4n) is 1.29. The topological polar surface area (TPSA) is 112 Å². The Bertz CT molecular complexity index is 194. The van der Waals surface area contributed by atoms with Crippen molar-refractivity contribution < 1.29 is 9.59 Å². The predicted octanol–water partition coefficient (Wildman–Crippen LogP) is -0.518. The first-order valence-electron chi connectivity index (χ1n) is 4.83. The molecule has 0 aromatic rings. The van der Waals surface area contributed by atoms with E-state index in [1.54, 1.807) is 0 Å². The molecule has 0 aliphatic carbocycles. The molecule has 1 atom stereocenters. The zero-order chi connectivity index (χ0) is 11.0. The van der Waals surface area contributed by atoms with Crippen LogP contribution in [0.5, 0.6) is 0 Å². The Labute approximate surface area is 84.0 Å². The standard InChI is InChI=1S/C9H19N3O2/c10-6-7(4-5-9(12)14)2-1-3-8(11)13/h7H,1-6,10H2,(H2,11,13)(H2,12,14). The SMILES string of the molecule is NCC(CCCC(N)=O)CCC(N)=O. The highest BCUT2D eigenvalue weighted by Gasteiger charge is 2.08. The second-order valence-electron chi connectivity index (χ2n) is 3.47. The van der Waals surface area contributed by atoms with Gasteiger partial charge in [-0.25, -0.2) is 0 Å². The molecule has 0 radical (unpaired) electrons. The quantitative estimate of drug-likeness (QED) is 0.491. The molecule has 5 heteroatoms. The van der Waals surface area contributed by atoms with Crippen molar-refractivity contribution >= 4 is 11.8 Å². The van der Waals surface area contributed by atoms with Gasteiger partial charge < -0.3 is 17.2 Å². The highest BCUT2D eigenvalue weighted by molar-refractivity contribution is 5.74. The van der Waals surface area contributed by atoms with E-state index in [4.69, 9.17) is 17.2 Å². The van der Waals surface area contributed by atoms with E-state index < -0.39 is 0 Å². The Hall–Kier alpha value is -1.10. The molecule has 14 heavy (non-hydrogen) atoms. The largest absolute Gasteiger partial charge is 0.370 e. The summed E-state index contributed by atoms with van der Waals surface area (Å²) >= 11 is 0. The Kier molecular flexibility index (Phi) is 6.74. The normalized spacial score (nSPS) is 12.4. The molecule has 0 aliphatic heterocycles. The van der Waals surface area contributed by atoms with Gasteiger partial charge in [0.1, 0.15) is 0 Å². The summed E-state index contributed by atoms with van der Waals surface area (Å²) < 4.78 is 0. The molecule has 0 fully saturated rings. The third-order valence-corrected chi connectivity index (χ3v) is 2.17. The van der Waals surface area contributed by atoms with Gasteiger partial charge in [-0.3, -0.25) is 9.59 Å². The van der Waals surface area contributed by atoms with Crippen LogP contribution in [0.3, 0.4) is 0 Å². The van der Waals surface area contributed by atoms with Gasteiger partial charge in [0.2, 0.25) is 11.8 Å². The number of primary amides is 2. The van der Waals surface area contributed by atoms with E-state index in [0.29, 0.717) is 25.8 Å². The summed E-state index contributed by atoms with van der Waals surface area (Å²) in [7, 11) is 0. The van der Waals surface area contributed by atoms with Crippen molar-refractivity contribution in [3.63, 3.8) is 0 Å². The summed E-state index contributed by atoms with van der Waals surface area (Å²) in [5.74, 6) is -0.337. The van der Waals surface area contributed by atoms with Crippen LogP contribution >= 0.6 is 0 Å². The second kappa shape index (κ2) is 7.32. The van der Waals surface area contributed by atoms with Crippen molar-refractivity contribution in [2.24, 2.45) is 23.1 Å². The van der Waals surface area contributed by atoms with Crippen molar-refractivity contribution in [3.8, 4) is 0 Å². The molecule has 82 valence electrons. The number of carbonyl (C=O) groups is 2. The van der Waals surface area contributed by atoms with Gasteiger partial charge in [0, 0.05) is 12.8 Å². The predicted molar refractivity (Wildman–Crippen MR) is 54.0 cm³/mol. The van der Waals surface area contributed by atoms with Gasteiger partial charge in [-0.2, -0.15) is 0 Å². The van der Waals surface area contributed by atoms with E-state index in [1.807, 2.05) is 0 Å². The van der Waals surface area contributed by atoms with Crippen LogP contribution in [0.4, 0.5) is 0 Å². The summed E-state index contributed by atoms with van der Waals surface area (Å²) in [4.78, 5) is 21.0. The fourth-order valence-corrected chi connectivity index (χ4v) is 1.29. The molecule has 0 aromatic carbocycles. The van der Waals surface area contributed by atoms with Gasteiger partial charge in [-0.1, -0.05) is 0 Å². The summed E-state index contributed by atoms with van der Waals surface area (Å²) in [5.41, 5.74) is 15.5. The molecule has 0 bridgehead atoms. The third kappa shape index (κ3) is 7.54. The maximum atomic E-state index is 10.5. The average Bonchev–Trinajstić information content (AvgIpc) is 2.10. The van der Waals surface area contributed by atoms with Crippen LogP contribution in [-0.2, 0) is 9.59 Å². The van der Waals surface area contributed by atoms with Crippen molar-refractivity contribution in [1.82, 2.24) is 0 Å². The Morgan fingerprint density at radius 2 is 1.57 bits per heavy atom. The summed E-state index contributed by atoms with van der Waals surface area (Å²) in [6.45, 7) is 0.520. The van der Waals surface area contributed by atoms with Gasteiger partial charge >= 0.3 is 0 Å². The van der Waals surface area contributed by atoms with Gasteiger partial charge in [0.15, 0.2) is 0 Å². The van der Waals surface area contributed by atoms with Crippen molar-refractivity contribution in [2.45, 2.75) is 32.1 Å². The summed E-state index contributed by atoms with van der Waals surface area (Å²) in [6, 6.07) is 0. The smallest absolute Gasteiger partial charge is 0.217 e. The first kappa shape index (κ1) is 12.9. The lowest BCUT2D eigenvalue weighted by Crippen LogP contribution is -2.19. The highest BCUT2D eigenvalue weighted by atomic mass is 16.1. The monoisotopic (exact) mass is 201 g/mol. The van der Waals surface area contributed by atoms with Gasteiger partial charge in [0.25, 0.3) is 0 Å². The van der Waals surface area contributed by atoms with Crippen LogP contribution in [0.25, 0.3) is 0 Å². The van der Waals surface area contributed by atoms with Crippen LogP contribution in [-0.4, -0.2) is 18.4 Å². The van der Waals surface area contributed by atoms with Gasteiger partial charge in [-0.15, -0.1) is 0 Å². The van der Waals surface area contributed by atoms with E-state index in [-0.39, 0.29) is 17.7 Å². The highest BCUT2D eigenvalue weighted by Crippen LogP contribution is 2.13. The molecule has 0 aromatic heterocycles. The average molecular weight is 201 g/mol. The lowest BCUT2D eigenvalue weighted by Gasteiger charge is -2.12. The van der Waals surface area contributed by atoms with Crippen molar-refractivity contribution in [2.75, 3.05) is 6.54 Å². The van der Waals surface area contributed by atoms with Crippen LogP contribution in [0.1, 0.15) is 32.1 Å². The van der Waals surface area contributed by atoms with E-state index in [1.165, 1.54) is 0 Å². The molecule has 0 rings (SSSR count). The first-order valence-corrected chi connectivity index (χ1v) is 4.83. The van der Waals surface area contributed by atoms with Crippen LogP contribution in [0, 0.1) is 5.92 Å². The Morgan fingerprint density at radius 1 is 1.00 bits per heavy atom. The Balaban J connectivity index is 3.57. The van der Waals surface area contributed by atoms with E-state index >= 15 is 0 Å². The number of hydrogen-bond acceptors (Lipinski definition) is 3. The van der Waals surface area contributed by atoms with E-state index in [9.17, 15) is 9.59 Å². The molecular formula is C9H19N3O2.